The van der Waals surface area contributed by atoms with Crippen molar-refractivity contribution in [2.45, 2.75) is 33.3 Å². The van der Waals surface area contributed by atoms with Crippen LogP contribution < -0.4 is 9.64 Å². The summed E-state index contributed by atoms with van der Waals surface area (Å²) >= 11 is 1.61. The molecule has 1 aliphatic carbocycles. The Kier molecular flexibility index (Phi) is 8.66. The summed E-state index contributed by atoms with van der Waals surface area (Å²) in [6, 6.07) is 11.9. The molecule has 2 bridgehead atoms. The number of anilines is 1. The van der Waals surface area contributed by atoms with E-state index < -0.39 is 5.97 Å². The van der Waals surface area contributed by atoms with Gasteiger partial charge in [-0.05, 0) is 88.0 Å². The number of amides is 1. The van der Waals surface area contributed by atoms with Crippen molar-refractivity contribution >= 4 is 28.3 Å². The maximum atomic E-state index is 12.9. The maximum Gasteiger partial charge on any atom is 0.307 e. The first-order chi connectivity index (χ1) is 19.6. The third kappa shape index (κ3) is 6.41. The molecule has 3 aromatic rings. The van der Waals surface area contributed by atoms with Gasteiger partial charge in [0.1, 0.15) is 12.4 Å². The summed E-state index contributed by atoms with van der Waals surface area (Å²) in [4.78, 5) is 35.7. The molecule has 1 saturated carbocycles. The quantitative estimate of drug-likeness (QED) is 0.356. The number of piperidine rings is 1. The van der Waals surface area contributed by atoms with Crippen molar-refractivity contribution in [3.63, 3.8) is 0 Å². The van der Waals surface area contributed by atoms with E-state index in [2.05, 4.69) is 28.2 Å². The molecule has 2 aliphatic rings. The predicted molar refractivity (Wildman–Crippen MR) is 163 cm³/mol. The molecule has 1 aromatic heterocycles. The Morgan fingerprint density at radius 2 is 1.78 bits per heavy atom. The fraction of sp³-hybridized carbons (Fsp3) is 0.469. The molecule has 0 spiro atoms. The Morgan fingerprint density at radius 1 is 1.05 bits per heavy atom. The summed E-state index contributed by atoms with van der Waals surface area (Å²) in [7, 11) is 5.84. The molecule has 1 aliphatic heterocycles. The molecule has 2 aromatic carbocycles. The first kappa shape index (κ1) is 29.1. The van der Waals surface area contributed by atoms with Crippen LogP contribution in [-0.2, 0) is 11.4 Å². The van der Waals surface area contributed by atoms with E-state index in [9.17, 15) is 14.7 Å². The molecule has 9 heteroatoms. The zero-order valence-corrected chi connectivity index (χ0v) is 25.4. The number of rotatable bonds is 10. The third-order valence-electron chi connectivity index (χ3n) is 8.49. The minimum Gasteiger partial charge on any atom is -0.488 e. The Balaban J connectivity index is 1.28. The molecule has 218 valence electrons. The van der Waals surface area contributed by atoms with Crippen molar-refractivity contribution in [1.82, 2.24) is 14.8 Å². The van der Waals surface area contributed by atoms with Crippen LogP contribution >= 0.6 is 11.3 Å². The highest BCUT2D eigenvalue weighted by Crippen LogP contribution is 2.44. The van der Waals surface area contributed by atoms with E-state index in [1.807, 2.05) is 58.4 Å². The minimum atomic E-state index is -0.651. The van der Waals surface area contributed by atoms with E-state index >= 15 is 0 Å². The molecular weight excluding hydrogens is 536 g/mol. The van der Waals surface area contributed by atoms with Crippen LogP contribution in [0.25, 0.3) is 11.3 Å². The Labute approximate surface area is 246 Å². The van der Waals surface area contributed by atoms with Crippen molar-refractivity contribution in [3.05, 3.63) is 64.0 Å². The van der Waals surface area contributed by atoms with E-state index in [0.717, 1.165) is 71.3 Å². The molecule has 41 heavy (non-hydrogen) atoms. The zero-order chi connectivity index (χ0) is 29.3. The van der Waals surface area contributed by atoms with Gasteiger partial charge < -0.3 is 24.5 Å². The van der Waals surface area contributed by atoms with Gasteiger partial charge in [0, 0.05) is 49.7 Å². The van der Waals surface area contributed by atoms with Crippen LogP contribution in [0.3, 0.4) is 0 Å². The van der Waals surface area contributed by atoms with Gasteiger partial charge in [-0.15, -0.1) is 11.3 Å². The van der Waals surface area contributed by atoms with Gasteiger partial charge >= 0.3 is 5.97 Å². The summed E-state index contributed by atoms with van der Waals surface area (Å²) in [6.45, 7) is 7.45. The Morgan fingerprint density at radius 3 is 2.44 bits per heavy atom. The Bertz CT molecular complexity index is 1410. The number of aliphatic carboxylic acids is 1. The number of hydrogen-bond acceptors (Lipinski definition) is 7. The number of thiazole rings is 1. The molecular formula is C32H40N4O4S. The normalized spacial score (nSPS) is 20.0. The van der Waals surface area contributed by atoms with Gasteiger partial charge in [0.15, 0.2) is 5.13 Å². The highest BCUT2D eigenvalue weighted by Gasteiger charge is 2.46. The number of aromatic nitrogens is 1. The predicted octanol–water partition coefficient (Wildman–Crippen LogP) is 5.19. The van der Waals surface area contributed by atoms with Gasteiger partial charge in [-0.2, -0.15) is 0 Å². The highest BCUT2D eigenvalue weighted by molar-refractivity contribution is 7.14. The summed E-state index contributed by atoms with van der Waals surface area (Å²) < 4.78 is 6.35. The van der Waals surface area contributed by atoms with Gasteiger partial charge in [-0.25, -0.2) is 4.98 Å². The number of likely N-dealkylation sites (N-methyl/N-ethyl adjacent to an activating group) is 2. The van der Waals surface area contributed by atoms with Crippen LogP contribution in [0, 0.1) is 31.6 Å². The average Bonchev–Trinajstić information content (AvgIpc) is 3.54. The third-order valence-corrected chi connectivity index (χ3v) is 9.40. The number of fused-ring (bicyclic) bond motifs is 2. The number of carbonyl (C=O) groups excluding carboxylic acids is 1. The molecule has 0 radical (unpaired) electrons. The van der Waals surface area contributed by atoms with E-state index in [0.29, 0.717) is 18.7 Å². The average molecular weight is 577 g/mol. The first-order valence-corrected chi connectivity index (χ1v) is 15.2. The topological polar surface area (TPSA) is 86.2 Å². The van der Waals surface area contributed by atoms with Crippen LogP contribution in [0.4, 0.5) is 5.13 Å². The lowest BCUT2D eigenvalue weighted by Crippen LogP contribution is -2.44. The fourth-order valence-electron chi connectivity index (χ4n) is 6.10. The summed E-state index contributed by atoms with van der Waals surface area (Å²) in [6.07, 6.45) is 1.96. The van der Waals surface area contributed by atoms with E-state index in [-0.39, 0.29) is 23.7 Å². The molecule has 1 saturated heterocycles. The van der Waals surface area contributed by atoms with Crippen LogP contribution in [0.2, 0.25) is 0 Å². The fourth-order valence-corrected chi connectivity index (χ4v) is 6.95. The smallest absolute Gasteiger partial charge is 0.307 e. The largest absolute Gasteiger partial charge is 0.488 e. The van der Waals surface area contributed by atoms with Crippen molar-refractivity contribution in [2.75, 3.05) is 52.2 Å². The number of aryl methyl sites for hydroxylation is 2. The van der Waals surface area contributed by atoms with Gasteiger partial charge in [-0.3, -0.25) is 9.59 Å². The SMILES string of the molecule is Cc1ccc(OCc2ccc(C(=O)N(C)CCN(C)C)cc2C)c(-c2csc(N3C[C@H]4CC[C@@H](C3)[C@H]4C(=O)O)n2)c1. The van der Waals surface area contributed by atoms with Crippen LogP contribution in [-0.4, -0.2) is 79.1 Å². The zero-order valence-electron chi connectivity index (χ0n) is 24.6. The number of carbonyl (C=O) groups is 2. The molecule has 8 nitrogen and oxygen atoms in total. The minimum absolute atomic E-state index is 0.0165. The number of nitrogens with zero attached hydrogens (tertiary/aromatic N) is 4. The van der Waals surface area contributed by atoms with Crippen molar-refractivity contribution in [2.24, 2.45) is 17.8 Å². The van der Waals surface area contributed by atoms with Crippen molar-refractivity contribution < 1.29 is 19.4 Å². The second-order valence-electron chi connectivity index (χ2n) is 11.8. The standard InChI is InChI=1S/C32H40N4O4S/c1-20-6-11-28(40-18-25-10-7-22(15-21(25)2)30(37)35(5)13-12-34(3)4)26(14-20)27-19-41-32(33-27)36-16-23-8-9-24(17-36)29(23)31(38)39/h6-7,10-11,14-15,19,23-24,29H,8-9,12-13,16-18H2,1-5H3,(H,38,39)/t23-,24+,29+. The molecule has 1 N–H and O–H groups in total. The molecule has 3 atom stereocenters. The number of hydrogen-bond donors (Lipinski definition) is 1. The summed E-state index contributed by atoms with van der Waals surface area (Å²) in [5.41, 5.74) is 5.66. The lowest BCUT2D eigenvalue weighted by atomic mass is 9.85. The van der Waals surface area contributed by atoms with Crippen LogP contribution in [0.1, 0.15) is 39.9 Å². The van der Waals surface area contributed by atoms with Gasteiger partial charge in [-0.1, -0.05) is 17.7 Å². The molecule has 2 fully saturated rings. The summed E-state index contributed by atoms with van der Waals surface area (Å²) in [5, 5.41) is 12.7. The number of carboxylic acids is 1. The van der Waals surface area contributed by atoms with Crippen LogP contribution in [0.15, 0.2) is 41.8 Å². The van der Waals surface area contributed by atoms with E-state index in [1.54, 1.807) is 16.2 Å². The Hall–Kier alpha value is -3.43. The molecule has 2 heterocycles. The highest BCUT2D eigenvalue weighted by atomic mass is 32.1. The number of ether oxygens (including phenoxy) is 1. The lowest BCUT2D eigenvalue weighted by molar-refractivity contribution is -0.144. The van der Waals surface area contributed by atoms with E-state index in [1.165, 1.54) is 0 Å². The summed E-state index contributed by atoms with van der Waals surface area (Å²) in [5.74, 6) is 0.298. The second kappa shape index (κ2) is 12.2. The molecule has 0 unspecified atom stereocenters. The number of carboxylic acid groups (broad SMARTS) is 1. The van der Waals surface area contributed by atoms with Gasteiger partial charge in [0.05, 0.1) is 11.6 Å². The van der Waals surface area contributed by atoms with Crippen LogP contribution in [0.5, 0.6) is 5.75 Å². The maximum absolute atomic E-state index is 12.9. The molecule has 1 amide bonds. The van der Waals surface area contributed by atoms with Crippen molar-refractivity contribution in [3.8, 4) is 17.0 Å². The molecule has 5 rings (SSSR count). The number of benzene rings is 2. The van der Waals surface area contributed by atoms with Gasteiger partial charge in [0.25, 0.3) is 5.91 Å². The second-order valence-corrected chi connectivity index (χ2v) is 12.7. The van der Waals surface area contributed by atoms with Crippen molar-refractivity contribution in [1.29, 1.82) is 0 Å². The lowest BCUT2D eigenvalue weighted by Gasteiger charge is -2.35. The monoisotopic (exact) mass is 576 g/mol. The first-order valence-electron chi connectivity index (χ1n) is 14.3. The van der Waals surface area contributed by atoms with E-state index in [4.69, 9.17) is 9.72 Å². The van der Waals surface area contributed by atoms with Gasteiger partial charge in [0.2, 0.25) is 0 Å².